The number of hydrogen-bond donors (Lipinski definition) is 1. The first-order valence-electron chi connectivity index (χ1n) is 10.2. The van der Waals surface area contributed by atoms with Crippen LogP contribution < -0.4 is 9.47 Å². The summed E-state index contributed by atoms with van der Waals surface area (Å²) in [5, 5.41) is 10.6. The Kier molecular flexibility index (Phi) is 7.71. The van der Waals surface area contributed by atoms with Gasteiger partial charge in [0.25, 0.3) is 0 Å². The third-order valence-electron chi connectivity index (χ3n) is 4.64. The summed E-state index contributed by atoms with van der Waals surface area (Å²) < 4.78 is 17.5. The third-order valence-corrected chi connectivity index (χ3v) is 4.95. The predicted molar refractivity (Wildman–Crippen MR) is 120 cm³/mol. The Morgan fingerprint density at radius 1 is 1.13 bits per heavy atom. The number of pyridine rings is 1. The van der Waals surface area contributed by atoms with E-state index in [9.17, 15) is 9.90 Å². The number of halogens is 1. The molecule has 0 fully saturated rings. The fraction of sp³-hybridized carbons (Fsp3) is 0.333. The Hall–Kier alpha value is -2.83. The quantitative estimate of drug-likeness (QED) is 0.429. The Balaban J connectivity index is 1.91. The average Bonchev–Trinajstić information content (AvgIpc) is 2.73. The average molecular weight is 444 g/mol. The van der Waals surface area contributed by atoms with Gasteiger partial charge in [-0.25, -0.2) is 9.78 Å². The highest BCUT2D eigenvalue weighted by atomic mass is 35.5. The van der Waals surface area contributed by atoms with Gasteiger partial charge in [0, 0.05) is 18.4 Å². The summed E-state index contributed by atoms with van der Waals surface area (Å²) >= 11 is 6.50. The fourth-order valence-corrected chi connectivity index (χ4v) is 3.50. The first-order chi connectivity index (χ1) is 14.9. The van der Waals surface area contributed by atoms with Gasteiger partial charge in [0.15, 0.2) is 6.10 Å². The van der Waals surface area contributed by atoms with Gasteiger partial charge in [0.2, 0.25) is 0 Å². The van der Waals surface area contributed by atoms with Gasteiger partial charge < -0.3 is 19.3 Å². The van der Waals surface area contributed by atoms with Gasteiger partial charge in [0.05, 0.1) is 17.2 Å². The van der Waals surface area contributed by atoms with E-state index in [1.165, 1.54) is 0 Å². The van der Waals surface area contributed by atoms with Crippen LogP contribution in [0.4, 0.5) is 0 Å². The second-order valence-corrected chi connectivity index (χ2v) is 7.63. The standard InChI is InChI=1S/C24H26ClNO5/c1-4-29-21(24(27)28)13-16-9-5-8-12-20(16)30-14-18-22(31-15(2)3)17-10-6-7-11-19(17)26-23(18)25/h5-12,15,21H,4,13-14H2,1-3H3,(H,27,28). The SMILES string of the molecule is CCOC(Cc1ccccc1OCc1c(Cl)nc2ccccc2c1OC(C)C)C(=O)O. The lowest BCUT2D eigenvalue weighted by molar-refractivity contribution is -0.149. The number of carbonyl (C=O) groups is 1. The molecule has 31 heavy (non-hydrogen) atoms. The molecule has 0 spiro atoms. The Bertz CT molecular complexity index is 1050. The minimum atomic E-state index is -1.01. The molecular formula is C24H26ClNO5. The van der Waals surface area contributed by atoms with Crippen molar-refractivity contribution in [1.82, 2.24) is 4.98 Å². The summed E-state index contributed by atoms with van der Waals surface area (Å²) in [6, 6.07) is 14.9. The highest BCUT2D eigenvalue weighted by Gasteiger charge is 2.21. The molecular weight excluding hydrogens is 418 g/mol. The van der Waals surface area contributed by atoms with E-state index in [-0.39, 0.29) is 19.1 Å². The second-order valence-electron chi connectivity index (χ2n) is 7.28. The molecule has 0 aliphatic rings. The minimum absolute atomic E-state index is 0.0598. The van der Waals surface area contributed by atoms with Crippen LogP contribution in [-0.2, 0) is 22.6 Å². The first kappa shape index (κ1) is 22.8. The summed E-state index contributed by atoms with van der Waals surface area (Å²) in [4.78, 5) is 16.0. The number of nitrogens with zero attached hydrogens (tertiary/aromatic N) is 1. The molecule has 0 bridgehead atoms. The van der Waals surface area contributed by atoms with Crippen LogP contribution >= 0.6 is 11.6 Å². The minimum Gasteiger partial charge on any atom is -0.490 e. The van der Waals surface area contributed by atoms with Gasteiger partial charge in [-0.2, -0.15) is 0 Å². The molecule has 3 rings (SSSR count). The molecule has 1 aromatic heterocycles. The molecule has 1 heterocycles. The zero-order chi connectivity index (χ0) is 22.4. The van der Waals surface area contributed by atoms with Crippen molar-refractivity contribution in [2.75, 3.05) is 6.61 Å². The first-order valence-corrected chi connectivity index (χ1v) is 10.6. The maximum Gasteiger partial charge on any atom is 0.333 e. The van der Waals surface area contributed by atoms with Crippen molar-refractivity contribution < 1.29 is 24.1 Å². The smallest absolute Gasteiger partial charge is 0.333 e. The monoisotopic (exact) mass is 443 g/mol. The van der Waals surface area contributed by atoms with Gasteiger partial charge in [0.1, 0.15) is 23.3 Å². The van der Waals surface area contributed by atoms with Crippen molar-refractivity contribution in [3.63, 3.8) is 0 Å². The number of aromatic nitrogens is 1. The van der Waals surface area contributed by atoms with Crippen LogP contribution in [-0.4, -0.2) is 34.9 Å². The molecule has 1 N–H and O–H groups in total. The molecule has 1 unspecified atom stereocenters. The lowest BCUT2D eigenvalue weighted by atomic mass is 10.1. The Labute approximate surface area is 186 Å². The zero-order valence-electron chi connectivity index (χ0n) is 17.8. The van der Waals surface area contributed by atoms with Crippen LogP contribution in [0.15, 0.2) is 48.5 Å². The van der Waals surface area contributed by atoms with Gasteiger partial charge >= 0.3 is 5.97 Å². The van der Waals surface area contributed by atoms with Crippen molar-refractivity contribution in [3.8, 4) is 11.5 Å². The van der Waals surface area contributed by atoms with E-state index in [0.29, 0.717) is 28.8 Å². The van der Waals surface area contributed by atoms with Crippen molar-refractivity contribution in [1.29, 1.82) is 0 Å². The number of para-hydroxylation sites is 2. The molecule has 0 radical (unpaired) electrons. The molecule has 0 amide bonds. The normalized spacial score (nSPS) is 12.2. The molecule has 0 aliphatic heterocycles. The summed E-state index contributed by atoms with van der Waals surface area (Å²) in [6.07, 6.45) is -0.811. The number of hydrogen-bond acceptors (Lipinski definition) is 5. The molecule has 1 atom stereocenters. The van der Waals surface area contributed by atoms with E-state index >= 15 is 0 Å². The summed E-state index contributed by atoms with van der Waals surface area (Å²) in [5.74, 6) is 0.194. The van der Waals surface area contributed by atoms with E-state index in [4.69, 9.17) is 25.8 Å². The van der Waals surface area contributed by atoms with Crippen molar-refractivity contribution in [2.45, 2.75) is 46.0 Å². The number of fused-ring (bicyclic) bond motifs is 1. The summed E-state index contributed by atoms with van der Waals surface area (Å²) in [6.45, 7) is 6.10. The fourth-order valence-electron chi connectivity index (χ4n) is 3.27. The zero-order valence-corrected chi connectivity index (χ0v) is 18.6. The largest absolute Gasteiger partial charge is 0.490 e. The topological polar surface area (TPSA) is 77.9 Å². The summed E-state index contributed by atoms with van der Waals surface area (Å²) in [7, 11) is 0. The van der Waals surface area contributed by atoms with E-state index in [2.05, 4.69) is 4.98 Å². The lowest BCUT2D eigenvalue weighted by Gasteiger charge is -2.19. The van der Waals surface area contributed by atoms with Gasteiger partial charge in [-0.15, -0.1) is 0 Å². The van der Waals surface area contributed by atoms with Crippen LogP contribution in [0, 0.1) is 0 Å². The van der Waals surface area contributed by atoms with Gasteiger partial charge in [-0.1, -0.05) is 41.9 Å². The van der Waals surface area contributed by atoms with E-state index in [1.807, 2.05) is 56.3 Å². The van der Waals surface area contributed by atoms with Crippen LogP contribution in [0.2, 0.25) is 5.15 Å². The third kappa shape index (κ3) is 5.66. The highest BCUT2D eigenvalue weighted by Crippen LogP contribution is 2.35. The molecule has 0 saturated carbocycles. The molecule has 6 nitrogen and oxygen atoms in total. The van der Waals surface area contributed by atoms with Crippen molar-refractivity contribution in [2.24, 2.45) is 0 Å². The highest BCUT2D eigenvalue weighted by molar-refractivity contribution is 6.31. The van der Waals surface area contributed by atoms with Crippen LogP contribution in [0.5, 0.6) is 11.5 Å². The number of ether oxygens (including phenoxy) is 3. The van der Waals surface area contributed by atoms with Crippen molar-refractivity contribution in [3.05, 3.63) is 64.8 Å². The van der Waals surface area contributed by atoms with Gasteiger partial charge in [-0.05, 0) is 44.5 Å². The van der Waals surface area contributed by atoms with E-state index in [1.54, 1.807) is 13.0 Å². The van der Waals surface area contributed by atoms with Crippen LogP contribution in [0.25, 0.3) is 10.9 Å². The Morgan fingerprint density at radius 2 is 1.84 bits per heavy atom. The van der Waals surface area contributed by atoms with Crippen LogP contribution in [0.3, 0.4) is 0 Å². The molecule has 3 aromatic rings. The summed E-state index contributed by atoms with van der Waals surface area (Å²) in [5.41, 5.74) is 2.12. The molecule has 0 saturated heterocycles. The molecule has 7 heteroatoms. The molecule has 0 aliphatic carbocycles. The number of carboxylic acid groups (broad SMARTS) is 1. The molecule has 164 valence electrons. The maximum absolute atomic E-state index is 11.5. The number of benzene rings is 2. The predicted octanol–water partition coefficient (Wildman–Crippen LogP) is 5.29. The second kappa shape index (κ2) is 10.5. The number of rotatable bonds is 10. The van der Waals surface area contributed by atoms with Crippen molar-refractivity contribution >= 4 is 28.5 Å². The number of carboxylic acids is 1. The van der Waals surface area contributed by atoms with E-state index < -0.39 is 12.1 Å². The van der Waals surface area contributed by atoms with Gasteiger partial charge in [-0.3, -0.25) is 0 Å². The van der Waals surface area contributed by atoms with E-state index in [0.717, 1.165) is 16.5 Å². The molecule has 2 aromatic carbocycles. The Morgan fingerprint density at radius 3 is 2.55 bits per heavy atom. The van der Waals surface area contributed by atoms with Crippen LogP contribution in [0.1, 0.15) is 31.9 Å². The number of aliphatic carboxylic acids is 1. The maximum atomic E-state index is 11.5. The lowest BCUT2D eigenvalue weighted by Crippen LogP contribution is -2.26.